The first-order valence-corrected chi connectivity index (χ1v) is 7.41. The maximum Gasteiger partial charge on any atom is 0.307 e. The summed E-state index contributed by atoms with van der Waals surface area (Å²) >= 11 is 4.85. The number of carboxylic acids is 1. The first-order valence-electron chi connectivity index (χ1n) is 4.31. The number of carboxylic acid groups (broad SMARTS) is 1. The topological polar surface area (TPSA) is 54.4 Å². The van der Waals surface area contributed by atoms with E-state index in [4.69, 9.17) is 5.11 Å². The molecule has 0 fully saturated rings. The van der Waals surface area contributed by atoms with Crippen LogP contribution in [-0.4, -0.2) is 21.0 Å². The summed E-state index contributed by atoms with van der Waals surface area (Å²) in [5.41, 5.74) is 0. The van der Waals surface area contributed by atoms with E-state index in [0.717, 1.165) is 8.66 Å². The van der Waals surface area contributed by atoms with E-state index < -0.39 is 22.7 Å². The number of hydrogen-bond donors (Lipinski definition) is 1. The van der Waals surface area contributed by atoms with Gasteiger partial charge in [-0.2, -0.15) is 0 Å². The molecule has 84 valence electrons. The number of halogens is 1. The average molecular weight is 311 g/mol. The van der Waals surface area contributed by atoms with Crippen LogP contribution in [0.5, 0.6) is 0 Å². The number of aliphatic carboxylic acids is 1. The minimum absolute atomic E-state index is 0.213. The molecule has 2 unspecified atom stereocenters. The van der Waals surface area contributed by atoms with Crippen molar-refractivity contribution >= 4 is 44.0 Å². The fourth-order valence-electron chi connectivity index (χ4n) is 0.997. The van der Waals surface area contributed by atoms with E-state index in [1.54, 1.807) is 6.92 Å². The molecule has 15 heavy (non-hydrogen) atoms. The third kappa shape index (κ3) is 4.44. The van der Waals surface area contributed by atoms with E-state index in [0.29, 0.717) is 5.75 Å². The third-order valence-electron chi connectivity index (χ3n) is 1.79. The molecule has 0 saturated heterocycles. The van der Waals surface area contributed by atoms with E-state index in [9.17, 15) is 9.00 Å². The van der Waals surface area contributed by atoms with Crippen LogP contribution in [0.4, 0.5) is 0 Å². The molecule has 1 N–H and O–H groups in total. The standard InChI is InChI=1S/C9H11BrO3S2/c1-6(9(11)12)4-15(13)5-7-2-3-8(10)14-7/h2-3,6H,4-5H2,1H3,(H,11,12). The predicted molar refractivity (Wildman–Crippen MR) is 65.5 cm³/mol. The lowest BCUT2D eigenvalue weighted by Crippen LogP contribution is -2.17. The van der Waals surface area contributed by atoms with Gasteiger partial charge in [0.05, 0.1) is 15.5 Å². The highest BCUT2D eigenvalue weighted by Gasteiger charge is 2.15. The molecule has 0 spiro atoms. The summed E-state index contributed by atoms with van der Waals surface area (Å²) in [6, 6.07) is 3.80. The number of carbonyl (C=O) groups is 1. The zero-order valence-corrected chi connectivity index (χ0v) is 11.3. The Balaban J connectivity index is 2.46. The molecule has 0 aliphatic rings. The van der Waals surface area contributed by atoms with Gasteiger partial charge in [0.2, 0.25) is 0 Å². The van der Waals surface area contributed by atoms with Gasteiger partial charge in [0.1, 0.15) is 0 Å². The first kappa shape index (κ1) is 12.9. The van der Waals surface area contributed by atoms with Gasteiger partial charge in [-0.15, -0.1) is 11.3 Å². The highest BCUT2D eigenvalue weighted by Crippen LogP contribution is 2.23. The molecule has 2 atom stereocenters. The van der Waals surface area contributed by atoms with Gasteiger partial charge in [0.15, 0.2) is 0 Å². The maximum atomic E-state index is 11.6. The zero-order chi connectivity index (χ0) is 11.4. The molecule has 0 saturated carbocycles. The minimum atomic E-state index is -1.10. The molecule has 0 aliphatic heterocycles. The average Bonchev–Trinajstić information content (AvgIpc) is 2.50. The van der Waals surface area contributed by atoms with Crippen molar-refractivity contribution in [1.29, 1.82) is 0 Å². The lowest BCUT2D eigenvalue weighted by molar-refractivity contribution is -0.140. The number of thiophene rings is 1. The van der Waals surface area contributed by atoms with E-state index in [1.807, 2.05) is 12.1 Å². The molecule has 0 aliphatic carbocycles. The van der Waals surface area contributed by atoms with Crippen molar-refractivity contribution in [1.82, 2.24) is 0 Å². The Kier molecular flexibility index (Phi) is 4.95. The molecule has 0 radical (unpaired) electrons. The van der Waals surface area contributed by atoms with Crippen LogP contribution in [-0.2, 0) is 21.3 Å². The van der Waals surface area contributed by atoms with Crippen LogP contribution in [0, 0.1) is 5.92 Å². The largest absolute Gasteiger partial charge is 0.481 e. The number of hydrogen-bond acceptors (Lipinski definition) is 3. The van der Waals surface area contributed by atoms with Crippen molar-refractivity contribution in [3.63, 3.8) is 0 Å². The van der Waals surface area contributed by atoms with Gasteiger partial charge in [0.25, 0.3) is 0 Å². The van der Waals surface area contributed by atoms with Crippen LogP contribution in [0.15, 0.2) is 15.9 Å². The second kappa shape index (κ2) is 5.77. The molecular formula is C9H11BrO3S2. The summed E-state index contributed by atoms with van der Waals surface area (Å²) in [6.45, 7) is 1.57. The molecule has 1 heterocycles. The van der Waals surface area contributed by atoms with Gasteiger partial charge < -0.3 is 5.11 Å². The van der Waals surface area contributed by atoms with Crippen molar-refractivity contribution in [2.24, 2.45) is 5.92 Å². The fraction of sp³-hybridized carbons (Fsp3) is 0.444. The van der Waals surface area contributed by atoms with Crippen LogP contribution in [0.25, 0.3) is 0 Å². The third-order valence-corrected chi connectivity index (χ3v) is 5.10. The Morgan fingerprint density at radius 2 is 2.33 bits per heavy atom. The molecule has 1 rings (SSSR count). The van der Waals surface area contributed by atoms with E-state index in [1.165, 1.54) is 11.3 Å². The molecule has 1 aromatic rings. The van der Waals surface area contributed by atoms with Crippen molar-refractivity contribution in [3.8, 4) is 0 Å². The van der Waals surface area contributed by atoms with Gasteiger partial charge >= 0.3 is 5.97 Å². The maximum absolute atomic E-state index is 11.6. The van der Waals surface area contributed by atoms with Crippen molar-refractivity contribution in [3.05, 3.63) is 20.8 Å². The quantitative estimate of drug-likeness (QED) is 0.909. The Morgan fingerprint density at radius 1 is 1.67 bits per heavy atom. The molecule has 0 aromatic carbocycles. The van der Waals surface area contributed by atoms with Crippen LogP contribution < -0.4 is 0 Å². The van der Waals surface area contributed by atoms with Crippen LogP contribution >= 0.6 is 27.3 Å². The van der Waals surface area contributed by atoms with E-state index in [2.05, 4.69) is 15.9 Å². The predicted octanol–water partition coefficient (Wildman–Crippen LogP) is 2.48. The molecule has 0 amide bonds. The van der Waals surface area contributed by atoms with Gasteiger partial charge in [0, 0.05) is 21.4 Å². The second-order valence-corrected chi connectivity index (χ2v) is 7.25. The summed E-state index contributed by atoms with van der Waals surface area (Å²) in [4.78, 5) is 11.6. The summed E-state index contributed by atoms with van der Waals surface area (Å²) < 4.78 is 12.6. The lowest BCUT2D eigenvalue weighted by Gasteiger charge is -2.04. The minimum Gasteiger partial charge on any atom is -0.481 e. The number of rotatable bonds is 5. The Morgan fingerprint density at radius 3 is 2.80 bits per heavy atom. The van der Waals surface area contributed by atoms with Gasteiger partial charge in [-0.1, -0.05) is 6.92 Å². The van der Waals surface area contributed by atoms with Crippen LogP contribution in [0.1, 0.15) is 11.8 Å². The fourth-order valence-corrected chi connectivity index (χ4v) is 4.14. The lowest BCUT2D eigenvalue weighted by atomic mass is 10.2. The van der Waals surface area contributed by atoms with Crippen molar-refractivity contribution in [2.45, 2.75) is 12.7 Å². The molecular weight excluding hydrogens is 300 g/mol. The highest BCUT2D eigenvalue weighted by molar-refractivity contribution is 9.11. The monoisotopic (exact) mass is 310 g/mol. The highest BCUT2D eigenvalue weighted by atomic mass is 79.9. The molecule has 6 heteroatoms. The second-order valence-electron chi connectivity index (χ2n) is 3.20. The Labute approximate surface area is 103 Å². The molecule has 3 nitrogen and oxygen atoms in total. The summed E-state index contributed by atoms with van der Waals surface area (Å²) in [5.74, 6) is -0.788. The zero-order valence-electron chi connectivity index (χ0n) is 8.10. The van der Waals surface area contributed by atoms with Gasteiger partial charge in [-0.25, -0.2) is 0 Å². The van der Waals surface area contributed by atoms with Crippen LogP contribution in [0.3, 0.4) is 0 Å². The molecule has 1 aromatic heterocycles. The van der Waals surface area contributed by atoms with Crippen molar-refractivity contribution < 1.29 is 14.1 Å². The SMILES string of the molecule is CC(CS(=O)Cc1ccc(Br)s1)C(=O)O. The molecule has 0 bridgehead atoms. The van der Waals surface area contributed by atoms with Crippen LogP contribution in [0.2, 0.25) is 0 Å². The van der Waals surface area contributed by atoms with E-state index in [-0.39, 0.29) is 5.75 Å². The van der Waals surface area contributed by atoms with Gasteiger partial charge in [-0.05, 0) is 28.1 Å². The first-order chi connectivity index (χ1) is 6.99. The summed E-state index contributed by atoms with van der Waals surface area (Å²) in [7, 11) is -1.10. The summed E-state index contributed by atoms with van der Waals surface area (Å²) in [6.07, 6.45) is 0. The van der Waals surface area contributed by atoms with Crippen molar-refractivity contribution in [2.75, 3.05) is 5.75 Å². The van der Waals surface area contributed by atoms with E-state index >= 15 is 0 Å². The van der Waals surface area contributed by atoms with Gasteiger partial charge in [-0.3, -0.25) is 9.00 Å². The smallest absolute Gasteiger partial charge is 0.307 e. The Bertz CT molecular complexity index is 375. The normalized spacial score (nSPS) is 14.8. The summed E-state index contributed by atoms with van der Waals surface area (Å²) in [5, 5.41) is 8.66. The Hall–Kier alpha value is -0.200.